The van der Waals surface area contributed by atoms with E-state index in [1.807, 2.05) is 13.2 Å². The van der Waals surface area contributed by atoms with Crippen LogP contribution in [0.3, 0.4) is 0 Å². The van der Waals surface area contributed by atoms with E-state index in [-0.39, 0.29) is 0 Å². The molecule has 96 valence electrons. The molecule has 1 aliphatic carbocycles. The van der Waals surface area contributed by atoms with Crippen LogP contribution in [-0.4, -0.2) is 41.8 Å². The van der Waals surface area contributed by atoms with Gasteiger partial charge >= 0.3 is 0 Å². The predicted molar refractivity (Wildman–Crippen MR) is 65.7 cm³/mol. The molecule has 5 nitrogen and oxygen atoms in total. The zero-order valence-corrected chi connectivity index (χ0v) is 10.8. The largest absolute Gasteiger partial charge is 0.383 e. The molecular formula is C12H22N4O. The van der Waals surface area contributed by atoms with Gasteiger partial charge in [-0.3, -0.25) is 4.68 Å². The molecule has 0 saturated heterocycles. The Bertz CT molecular complexity index is 346. The summed E-state index contributed by atoms with van der Waals surface area (Å²) in [5, 5.41) is 11.7. The number of ether oxygens (including phenoxy) is 1. The number of aryl methyl sites for hydroxylation is 1. The normalized spacial score (nSPS) is 18.0. The highest BCUT2D eigenvalue weighted by molar-refractivity contribution is 5.02. The van der Waals surface area contributed by atoms with Gasteiger partial charge in [-0.2, -0.15) is 0 Å². The Balaban J connectivity index is 1.82. The second-order valence-electron chi connectivity index (χ2n) is 5.08. The lowest BCUT2D eigenvalue weighted by Gasteiger charge is -2.41. The molecule has 0 amide bonds. The average molecular weight is 238 g/mol. The third-order valence-corrected chi connectivity index (χ3v) is 3.60. The summed E-state index contributed by atoms with van der Waals surface area (Å²) in [6, 6.07) is 0. The van der Waals surface area contributed by atoms with Gasteiger partial charge in [0.2, 0.25) is 0 Å². The molecule has 1 aromatic heterocycles. The maximum atomic E-state index is 5.04. The van der Waals surface area contributed by atoms with Crippen molar-refractivity contribution in [2.75, 3.05) is 26.8 Å². The van der Waals surface area contributed by atoms with Gasteiger partial charge in [-0.15, -0.1) is 5.10 Å². The molecule has 0 atom stereocenters. The Morgan fingerprint density at radius 2 is 2.35 bits per heavy atom. The van der Waals surface area contributed by atoms with Crippen molar-refractivity contribution in [3.63, 3.8) is 0 Å². The number of hydrogen-bond donors (Lipinski definition) is 1. The fourth-order valence-electron chi connectivity index (χ4n) is 2.48. The number of nitrogens with one attached hydrogen (secondary N) is 1. The molecule has 1 saturated carbocycles. The van der Waals surface area contributed by atoms with Crippen LogP contribution in [-0.2, 0) is 18.2 Å². The second-order valence-corrected chi connectivity index (χ2v) is 5.08. The van der Waals surface area contributed by atoms with E-state index in [4.69, 9.17) is 4.74 Å². The summed E-state index contributed by atoms with van der Waals surface area (Å²) < 4.78 is 6.82. The van der Waals surface area contributed by atoms with Crippen molar-refractivity contribution in [2.45, 2.75) is 25.7 Å². The molecule has 2 rings (SSSR count). The molecule has 0 aliphatic heterocycles. The molecule has 1 aromatic rings. The third-order valence-electron chi connectivity index (χ3n) is 3.60. The topological polar surface area (TPSA) is 52.0 Å². The van der Waals surface area contributed by atoms with E-state index in [0.717, 1.165) is 31.8 Å². The van der Waals surface area contributed by atoms with E-state index < -0.39 is 0 Å². The van der Waals surface area contributed by atoms with Gasteiger partial charge < -0.3 is 10.1 Å². The van der Waals surface area contributed by atoms with E-state index in [1.165, 1.54) is 19.3 Å². The first-order chi connectivity index (χ1) is 8.24. The van der Waals surface area contributed by atoms with E-state index >= 15 is 0 Å². The quantitative estimate of drug-likeness (QED) is 0.713. The minimum Gasteiger partial charge on any atom is -0.383 e. The van der Waals surface area contributed by atoms with Crippen molar-refractivity contribution in [2.24, 2.45) is 12.5 Å². The molecule has 0 unspecified atom stereocenters. The molecule has 0 aromatic carbocycles. The SMILES string of the molecule is COCCNCC1(Cc2cn(C)nn2)CCC1. The summed E-state index contributed by atoms with van der Waals surface area (Å²) in [5.74, 6) is 0. The highest BCUT2D eigenvalue weighted by atomic mass is 16.5. The standard InChI is InChI=1S/C12H22N4O/c1-16-9-11(14-15-16)8-12(4-3-5-12)10-13-6-7-17-2/h9,13H,3-8,10H2,1-2H3. The van der Waals surface area contributed by atoms with Gasteiger partial charge in [0.05, 0.1) is 12.3 Å². The highest BCUT2D eigenvalue weighted by Crippen LogP contribution is 2.42. The van der Waals surface area contributed by atoms with Gasteiger partial charge in [-0.25, -0.2) is 0 Å². The first kappa shape index (κ1) is 12.5. The lowest BCUT2D eigenvalue weighted by molar-refractivity contribution is 0.121. The van der Waals surface area contributed by atoms with Crippen LogP contribution >= 0.6 is 0 Å². The van der Waals surface area contributed by atoms with Crippen molar-refractivity contribution in [3.05, 3.63) is 11.9 Å². The molecule has 0 bridgehead atoms. The van der Waals surface area contributed by atoms with Crippen LogP contribution in [0.2, 0.25) is 0 Å². The average Bonchev–Trinajstić information content (AvgIpc) is 2.66. The number of hydrogen-bond acceptors (Lipinski definition) is 4. The Morgan fingerprint density at radius 3 is 2.88 bits per heavy atom. The van der Waals surface area contributed by atoms with Crippen LogP contribution in [0.1, 0.15) is 25.0 Å². The van der Waals surface area contributed by atoms with Crippen LogP contribution in [0.15, 0.2) is 6.20 Å². The van der Waals surface area contributed by atoms with E-state index in [9.17, 15) is 0 Å². The summed E-state index contributed by atoms with van der Waals surface area (Å²) >= 11 is 0. The molecular weight excluding hydrogens is 216 g/mol. The van der Waals surface area contributed by atoms with Gasteiger partial charge in [-0.05, 0) is 24.7 Å². The second kappa shape index (κ2) is 5.60. The van der Waals surface area contributed by atoms with Gasteiger partial charge in [-0.1, -0.05) is 11.6 Å². The van der Waals surface area contributed by atoms with Crippen molar-refractivity contribution >= 4 is 0 Å². The molecule has 1 fully saturated rings. The first-order valence-corrected chi connectivity index (χ1v) is 6.29. The van der Waals surface area contributed by atoms with Crippen LogP contribution in [0.25, 0.3) is 0 Å². The zero-order chi connectivity index (χ0) is 12.1. The Morgan fingerprint density at radius 1 is 1.53 bits per heavy atom. The molecule has 0 spiro atoms. The van der Waals surface area contributed by atoms with Crippen LogP contribution in [0, 0.1) is 5.41 Å². The Labute approximate surface area is 103 Å². The van der Waals surface area contributed by atoms with Gasteiger partial charge in [0, 0.05) is 33.4 Å². The molecule has 5 heteroatoms. The van der Waals surface area contributed by atoms with Crippen LogP contribution in [0.4, 0.5) is 0 Å². The summed E-state index contributed by atoms with van der Waals surface area (Å²) in [5.41, 5.74) is 1.52. The van der Waals surface area contributed by atoms with E-state index in [0.29, 0.717) is 5.41 Å². The van der Waals surface area contributed by atoms with Gasteiger partial charge in [0.25, 0.3) is 0 Å². The predicted octanol–water partition coefficient (Wildman–Crippen LogP) is 0.764. The lowest BCUT2D eigenvalue weighted by atomic mass is 9.66. The molecule has 0 radical (unpaired) electrons. The summed E-state index contributed by atoms with van der Waals surface area (Å²) in [7, 11) is 3.65. The highest BCUT2D eigenvalue weighted by Gasteiger charge is 2.37. The summed E-state index contributed by atoms with van der Waals surface area (Å²) in [4.78, 5) is 0. The number of methoxy groups -OCH3 is 1. The minimum atomic E-state index is 0.407. The number of nitrogens with zero attached hydrogens (tertiary/aromatic N) is 3. The Kier molecular flexibility index (Phi) is 4.12. The first-order valence-electron chi connectivity index (χ1n) is 6.29. The fraction of sp³-hybridized carbons (Fsp3) is 0.833. The number of rotatable bonds is 7. The zero-order valence-electron chi connectivity index (χ0n) is 10.8. The Hall–Kier alpha value is -0.940. The molecule has 1 heterocycles. The van der Waals surface area contributed by atoms with Crippen LogP contribution < -0.4 is 5.32 Å². The maximum absolute atomic E-state index is 5.04. The lowest BCUT2D eigenvalue weighted by Crippen LogP contribution is -2.42. The smallest absolute Gasteiger partial charge is 0.0833 e. The third kappa shape index (κ3) is 3.26. The van der Waals surface area contributed by atoms with E-state index in [1.54, 1.807) is 11.8 Å². The molecule has 1 aliphatic rings. The van der Waals surface area contributed by atoms with Crippen molar-refractivity contribution in [3.8, 4) is 0 Å². The summed E-state index contributed by atoms with van der Waals surface area (Å²) in [6.07, 6.45) is 7.00. The van der Waals surface area contributed by atoms with Gasteiger partial charge in [0.15, 0.2) is 0 Å². The van der Waals surface area contributed by atoms with Crippen LogP contribution in [0.5, 0.6) is 0 Å². The maximum Gasteiger partial charge on any atom is 0.0833 e. The summed E-state index contributed by atoms with van der Waals surface area (Å²) in [6.45, 7) is 2.77. The number of aromatic nitrogens is 3. The fourth-order valence-corrected chi connectivity index (χ4v) is 2.48. The van der Waals surface area contributed by atoms with Gasteiger partial charge in [0.1, 0.15) is 0 Å². The monoisotopic (exact) mass is 238 g/mol. The van der Waals surface area contributed by atoms with E-state index in [2.05, 4.69) is 15.6 Å². The van der Waals surface area contributed by atoms with Crippen molar-refractivity contribution in [1.29, 1.82) is 0 Å². The minimum absolute atomic E-state index is 0.407. The van der Waals surface area contributed by atoms with Crippen molar-refractivity contribution in [1.82, 2.24) is 20.3 Å². The molecule has 1 N–H and O–H groups in total. The van der Waals surface area contributed by atoms with Crippen molar-refractivity contribution < 1.29 is 4.74 Å². The molecule has 17 heavy (non-hydrogen) atoms.